The molecule has 0 bridgehead atoms. The lowest BCUT2D eigenvalue weighted by atomic mass is 9.85. The molecular weight excluding hydrogens is 259 g/mol. The average molecular weight is 278 g/mol. The van der Waals surface area contributed by atoms with Crippen LogP contribution in [0.3, 0.4) is 0 Å². The van der Waals surface area contributed by atoms with Gasteiger partial charge in [-0.3, -0.25) is 9.78 Å². The van der Waals surface area contributed by atoms with Crippen molar-refractivity contribution in [1.29, 1.82) is 0 Å². The third kappa shape index (κ3) is 4.42. The summed E-state index contributed by atoms with van der Waals surface area (Å²) in [6, 6.07) is 1.30. The summed E-state index contributed by atoms with van der Waals surface area (Å²) >= 11 is 0. The number of hydrogen-bond acceptors (Lipinski definition) is 3. The summed E-state index contributed by atoms with van der Waals surface area (Å²) < 4.78 is 12.9. The molecule has 1 aliphatic rings. The number of pyridine rings is 1. The Kier molecular flexibility index (Phi) is 4.84. The molecule has 1 saturated carbocycles. The summed E-state index contributed by atoms with van der Waals surface area (Å²) in [4.78, 5) is 15.4. The highest BCUT2D eigenvalue weighted by Crippen LogP contribution is 2.27. The van der Waals surface area contributed by atoms with E-state index in [1.165, 1.54) is 24.4 Å². The maximum atomic E-state index is 12.9. The molecule has 1 aliphatic carbocycles. The molecule has 20 heavy (non-hydrogen) atoms. The Balaban J connectivity index is 1.83. The van der Waals surface area contributed by atoms with Gasteiger partial charge in [-0.2, -0.15) is 0 Å². The maximum absolute atomic E-state index is 12.9. The first-order valence-corrected chi connectivity index (χ1v) is 6.86. The molecule has 1 aromatic rings. The molecule has 0 spiro atoms. The minimum atomic E-state index is -0.776. The Hall–Kier alpha value is -1.75. The molecule has 0 unspecified atom stereocenters. The van der Waals surface area contributed by atoms with Crippen LogP contribution in [-0.2, 0) is 4.79 Å². The van der Waals surface area contributed by atoms with Crippen molar-refractivity contribution < 1.29 is 14.3 Å². The van der Waals surface area contributed by atoms with Crippen LogP contribution in [0, 0.1) is 5.82 Å². The van der Waals surface area contributed by atoms with Gasteiger partial charge in [-0.1, -0.05) is 19.3 Å². The van der Waals surface area contributed by atoms with Crippen LogP contribution >= 0.6 is 0 Å². The topological polar surface area (TPSA) is 62.2 Å². The summed E-state index contributed by atoms with van der Waals surface area (Å²) in [5.41, 5.74) is -0.251. The molecular formula is C15H19FN2O2. The van der Waals surface area contributed by atoms with Crippen molar-refractivity contribution >= 4 is 12.0 Å². The summed E-state index contributed by atoms with van der Waals surface area (Å²) in [6.45, 7) is 0.261. The fourth-order valence-electron chi connectivity index (χ4n) is 2.39. The van der Waals surface area contributed by atoms with Gasteiger partial charge >= 0.3 is 0 Å². The van der Waals surface area contributed by atoms with E-state index in [9.17, 15) is 14.3 Å². The van der Waals surface area contributed by atoms with Crippen molar-refractivity contribution in [3.63, 3.8) is 0 Å². The summed E-state index contributed by atoms with van der Waals surface area (Å²) in [5, 5.41) is 12.9. The largest absolute Gasteiger partial charge is 0.388 e. The number of hydrogen-bond donors (Lipinski definition) is 2. The molecule has 2 N–H and O–H groups in total. The van der Waals surface area contributed by atoms with Crippen LogP contribution in [0.2, 0.25) is 0 Å². The highest BCUT2D eigenvalue weighted by molar-refractivity contribution is 5.91. The van der Waals surface area contributed by atoms with Gasteiger partial charge in [-0.05, 0) is 30.5 Å². The number of halogens is 1. The van der Waals surface area contributed by atoms with Crippen molar-refractivity contribution in [2.24, 2.45) is 0 Å². The molecule has 2 rings (SSSR count). The van der Waals surface area contributed by atoms with Gasteiger partial charge < -0.3 is 10.4 Å². The standard InChI is InChI=1S/C15H19FN2O2/c16-13-8-12(9-17-10-13)4-5-14(19)18-11-15(20)6-2-1-3-7-15/h4-5,8-10,20H,1-3,6-7,11H2,(H,18,19). The van der Waals surface area contributed by atoms with E-state index in [2.05, 4.69) is 10.3 Å². The smallest absolute Gasteiger partial charge is 0.244 e. The van der Waals surface area contributed by atoms with E-state index in [1.807, 2.05) is 0 Å². The van der Waals surface area contributed by atoms with Gasteiger partial charge in [-0.15, -0.1) is 0 Å². The van der Waals surface area contributed by atoms with Crippen LogP contribution in [0.5, 0.6) is 0 Å². The second-order valence-electron chi connectivity index (χ2n) is 5.27. The molecule has 0 radical (unpaired) electrons. The normalized spacial score (nSPS) is 18.1. The van der Waals surface area contributed by atoms with Crippen molar-refractivity contribution in [3.05, 3.63) is 35.9 Å². The van der Waals surface area contributed by atoms with Gasteiger partial charge in [0.25, 0.3) is 0 Å². The highest BCUT2D eigenvalue weighted by atomic mass is 19.1. The summed E-state index contributed by atoms with van der Waals surface area (Å²) in [5.74, 6) is -0.739. The molecule has 108 valence electrons. The molecule has 0 atom stereocenters. The van der Waals surface area contributed by atoms with Gasteiger partial charge in [0, 0.05) is 18.8 Å². The Morgan fingerprint density at radius 3 is 2.85 bits per heavy atom. The van der Waals surface area contributed by atoms with Crippen LogP contribution in [-0.4, -0.2) is 28.1 Å². The lowest BCUT2D eigenvalue weighted by Gasteiger charge is -2.31. The first-order valence-electron chi connectivity index (χ1n) is 6.86. The third-order valence-electron chi connectivity index (χ3n) is 3.53. The average Bonchev–Trinajstić information content (AvgIpc) is 2.44. The maximum Gasteiger partial charge on any atom is 0.244 e. The molecule has 1 amide bonds. The zero-order valence-corrected chi connectivity index (χ0v) is 11.3. The summed E-state index contributed by atoms with van der Waals surface area (Å²) in [7, 11) is 0. The SMILES string of the molecule is O=C(C=Cc1cncc(F)c1)NCC1(O)CCCCC1. The first kappa shape index (κ1) is 14.7. The van der Waals surface area contributed by atoms with Crippen LogP contribution in [0.4, 0.5) is 4.39 Å². The van der Waals surface area contributed by atoms with Crippen molar-refractivity contribution in [3.8, 4) is 0 Å². The summed E-state index contributed by atoms with van der Waals surface area (Å²) in [6.07, 6.45) is 9.99. The van der Waals surface area contributed by atoms with E-state index in [4.69, 9.17) is 0 Å². The molecule has 0 aromatic carbocycles. The lowest BCUT2D eigenvalue weighted by molar-refractivity contribution is -0.118. The van der Waals surface area contributed by atoms with Crippen molar-refractivity contribution in [2.75, 3.05) is 6.54 Å². The molecule has 1 fully saturated rings. The Morgan fingerprint density at radius 2 is 2.15 bits per heavy atom. The molecule has 4 nitrogen and oxygen atoms in total. The van der Waals surface area contributed by atoms with E-state index in [-0.39, 0.29) is 12.5 Å². The number of amides is 1. The van der Waals surface area contributed by atoms with Crippen molar-refractivity contribution in [1.82, 2.24) is 10.3 Å². The number of carbonyl (C=O) groups is 1. The zero-order valence-electron chi connectivity index (χ0n) is 11.3. The minimum absolute atomic E-state index is 0.261. The molecule has 0 saturated heterocycles. The molecule has 1 aromatic heterocycles. The Labute approximate surface area is 117 Å². The zero-order chi connectivity index (χ0) is 14.4. The Morgan fingerprint density at radius 1 is 1.40 bits per heavy atom. The van der Waals surface area contributed by atoms with E-state index in [0.717, 1.165) is 38.3 Å². The molecule has 0 aliphatic heterocycles. The van der Waals surface area contributed by atoms with E-state index in [0.29, 0.717) is 5.56 Å². The predicted octanol–water partition coefficient (Wildman–Crippen LogP) is 2.05. The first-order chi connectivity index (χ1) is 9.57. The molecule has 1 heterocycles. The van der Waals surface area contributed by atoms with Crippen LogP contribution in [0.15, 0.2) is 24.5 Å². The van der Waals surface area contributed by atoms with Gasteiger partial charge in [0.2, 0.25) is 5.91 Å². The number of rotatable bonds is 4. The van der Waals surface area contributed by atoms with Gasteiger partial charge in [-0.25, -0.2) is 4.39 Å². The second-order valence-corrected chi connectivity index (χ2v) is 5.27. The van der Waals surface area contributed by atoms with E-state index in [1.54, 1.807) is 0 Å². The van der Waals surface area contributed by atoms with Gasteiger partial charge in [0.15, 0.2) is 0 Å². The van der Waals surface area contributed by atoms with E-state index >= 15 is 0 Å². The number of nitrogens with one attached hydrogen (secondary N) is 1. The number of carbonyl (C=O) groups excluding carboxylic acids is 1. The molecule has 5 heteroatoms. The van der Waals surface area contributed by atoms with Crippen LogP contribution in [0.25, 0.3) is 6.08 Å². The van der Waals surface area contributed by atoms with Gasteiger partial charge in [0.05, 0.1) is 11.8 Å². The van der Waals surface area contributed by atoms with Crippen LogP contribution < -0.4 is 5.32 Å². The van der Waals surface area contributed by atoms with E-state index < -0.39 is 11.4 Å². The fourth-order valence-corrected chi connectivity index (χ4v) is 2.39. The number of aliphatic hydroxyl groups is 1. The van der Waals surface area contributed by atoms with Crippen molar-refractivity contribution in [2.45, 2.75) is 37.7 Å². The Bertz CT molecular complexity index is 496. The monoisotopic (exact) mass is 278 g/mol. The highest BCUT2D eigenvalue weighted by Gasteiger charge is 2.29. The predicted molar refractivity (Wildman–Crippen MR) is 74.3 cm³/mol. The van der Waals surface area contributed by atoms with Gasteiger partial charge in [0.1, 0.15) is 5.82 Å². The number of aromatic nitrogens is 1. The third-order valence-corrected chi connectivity index (χ3v) is 3.53. The quantitative estimate of drug-likeness (QED) is 0.829. The fraction of sp³-hybridized carbons (Fsp3) is 0.467. The minimum Gasteiger partial charge on any atom is -0.388 e. The second kappa shape index (κ2) is 6.61. The number of nitrogens with zero attached hydrogens (tertiary/aromatic N) is 1. The lowest BCUT2D eigenvalue weighted by Crippen LogP contribution is -2.43. The van der Waals surface area contributed by atoms with Crippen LogP contribution in [0.1, 0.15) is 37.7 Å².